The molecule has 0 saturated heterocycles. The molecule has 244 valence electrons. The lowest BCUT2D eigenvalue weighted by Gasteiger charge is -2.65. The summed E-state index contributed by atoms with van der Waals surface area (Å²) in [7, 11) is 0. The molecule has 5 aliphatic rings. The van der Waals surface area contributed by atoms with Crippen LogP contribution in [0.25, 0.3) is 0 Å². The van der Waals surface area contributed by atoms with E-state index < -0.39 is 11.6 Å². The van der Waals surface area contributed by atoms with Crippen molar-refractivity contribution in [2.45, 2.75) is 139 Å². The molecule has 9 atom stereocenters. The van der Waals surface area contributed by atoms with Crippen molar-refractivity contribution in [3.05, 3.63) is 11.6 Å². The van der Waals surface area contributed by atoms with E-state index in [1.54, 1.807) is 5.57 Å². The molecule has 0 amide bonds. The van der Waals surface area contributed by atoms with E-state index in [4.69, 9.17) is 25.5 Å². The smallest absolute Gasteiger partial charge is 0.300 e. The van der Waals surface area contributed by atoms with Crippen LogP contribution in [-0.2, 0) is 9.59 Å². The van der Waals surface area contributed by atoms with Gasteiger partial charge in [0.05, 0.1) is 11.7 Å². The number of hydrogen-bond donors (Lipinski definition) is 5. The lowest BCUT2D eigenvalue weighted by Crippen LogP contribution is -2.57. The Kier molecular flexibility index (Phi) is 11.3. The van der Waals surface area contributed by atoms with Gasteiger partial charge in [0, 0.05) is 12.3 Å². The highest BCUT2D eigenvalue weighted by atomic mass is 16.4. The maximum Gasteiger partial charge on any atom is 0.300 e. The Labute approximate surface area is 255 Å². The topological polar surface area (TPSA) is 141 Å². The first-order valence-corrected chi connectivity index (χ1v) is 16.3. The zero-order valence-corrected chi connectivity index (χ0v) is 28.3. The largest absolute Gasteiger partial charge is 0.483 e. The Hall–Kier alpha value is -1.44. The summed E-state index contributed by atoms with van der Waals surface area (Å²) in [6.07, 6.45) is 12.4. The molecule has 5 rings (SSSR count). The molecular formula is C35H63NO6. The fourth-order valence-electron chi connectivity index (χ4n) is 10.2. The van der Waals surface area contributed by atoms with Crippen LogP contribution in [0.2, 0.25) is 0 Å². The first-order valence-electron chi connectivity index (χ1n) is 16.3. The van der Waals surface area contributed by atoms with Crippen molar-refractivity contribution in [3.63, 3.8) is 0 Å². The number of fused-ring (bicyclic) bond motifs is 3. The molecule has 0 aromatic heterocycles. The lowest BCUT2D eigenvalue weighted by atomic mass is 9.39. The van der Waals surface area contributed by atoms with Crippen molar-refractivity contribution < 1.29 is 30.0 Å². The van der Waals surface area contributed by atoms with Crippen molar-refractivity contribution in [3.8, 4) is 0 Å². The van der Waals surface area contributed by atoms with E-state index in [1.807, 2.05) is 6.92 Å². The molecule has 4 saturated carbocycles. The maximum absolute atomic E-state index is 11.8. The van der Waals surface area contributed by atoms with Gasteiger partial charge in [-0.15, -0.1) is 0 Å². The van der Waals surface area contributed by atoms with Crippen LogP contribution in [0.4, 0.5) is 0 Å². The minimum absolute atomic E-state index is 0.0623. The predicted octanol–water partition coefficient (Wildman–Crippen LogP) is 6.90. The molecule has 0 aliphatic heterocycles. The van der Waals surface area contributed by atoms with Crippen molar-refractivity contribution in [1.29, 1.82) is 0 Å². The van der Waals surface area contributed by atoms with E-state index in [2.05, 4.69) is 61.5 Å². The molecule has 5 aliphatic carbocycles. The highest BCUT2D eigenvalue weighted by molar-refractivity contribution is 5.63. The zero-order chi connectivity index (χ0) is 32.5. The van der Waals surface area contributed by atoms with Crippen LogP contribution in [0.1, 0.15) is 127 Å². The van der Waals surface area contributed by atoms with Crippen LogP contribution in [0.3, 0.4) is 0 Å². The summed E-state index contributed by atoms with van der Waals surface area (Å²) in [6.45, 7) is 23.2. The molecule has 0 aromatic carbocycles. The summed E-state index contributed by atoms with van der Waals surface area (Å²) in [5.74, 6) is 1.67. The van der Waals surface area contributed by atoms with E-state index in [9.17, 15) is 10.2 Å². The number of hydrogen-bond acceptors (Lipinski definition) is 5. The summed E-state index contributed by atoms with van der Waals surface area (Å²) >= 11 is 0. The number of carboxylic acid groups (broad SMARTS) is 2. The molecule has 0 bridgehead atoms. The summed E-state index contributed by atoms with van der Waals surface area (Å²) in [5.41, 5.74) is 6.81. The third-order valence-electron chi connectivity index (χ3n) is 13.1. The molecule has 7 heteroatoms. The fraction of sp³-hybridized carbons (Fsp3) is 0.886. The van der Waals surface area contributed by atoms with Crippen LogP contribution >= 0.6 is 0 Å². The molecule has 4 fully saturated rings. The van der Waals surface area contributed by atoms with Crippen LogP contribution in [0.5, 0.6) is 0 Å². The van der Waals surface area contributed by atoms with Gasteiger partial charge in [-0.25, -0.2) is 0 Å². The Bertz CT molecular complexity index is 990. The SMILES string of the molecule is CC(=O)O.CC(C)[C@@H](C)[C@@]1(C)CCC2(C)C3CCC4C(C)(C)C(O)CCC5(O)CC45C3=CC[C@@]2(C)C1.CCN.O=CO. The monoisotopic (exact) mass is 593 g/mol. The first-order chi connectivity index (χ1) is 19.2. The van der Waals surface area contributed by atoms with Gasteiger partial charge in [0.2, 0.25) is 0 Å². The molecule has 6 unspecified atom stereocenters. The van der Waals surface area contributed by atoms with Gasteiger partial charge in [-0.05, 0) is 110 Å². The average Bonchev–Trinajstić information content (AvgIpc) is 3.48. The van der Waals surface area contributed by atoms with Crippen LogP contribution in [0.15, 0.2) is 11.6 Å². The molecule has 6 N–H and O–H groups in total. The van der Waals surface area contributed by atoms with Crippen LogP contribution in [0, 0.1) is 50.7 Å². The van der Waals surface area contributed by atoms with E-state index in [0.29, 0.717) is 28.1 Å². The molecule has 7 nitrogen and oxygen atoms in total. The summed E-state index contributed by atoms with van der Waals surface area (Å²) < 4.78 is 0. The fourth-order valence-corrected chi connectivity index (χ4v) is 10.2. The van der Waals surface area contributed by atoms with E-state index in [-0.39, 0.29) is 23.4 Å². The number of carbonyl (C=O) groups is 2. The first kappa shape index (κ1) is 36.8. The second kappa shape index (κ2) is 12.9. The second-order valence-electron chi connectivity index (χ2n) is 16.0. The predicted molar refractivity (Wildman–Crippen MR) is 169 cm³/mol. The van der Waals surface area contributed by atoms with Crippen LogP contribution in [-0.4, -0.2) is 51.1 Å². The molecule has 42 heavy (non-hydrogen) atoms. The Balaban J connectivity index is 0.000000542. The Morgan fingerprint density at radius 3 is 2.07 bits per heavy atom. The van der Waals surface area contributed by atoms with Crippen molar-refractivity contribution >= 4 is 12.4 Å². The number of nitrogens with two attached hydrogens (primary N) is 1. The van der Waals surface area contributed by atoms with Gasteiger partial charge in [0.1, 0.15) is 0 Å². The van der Waals surface area contributed by atoms with Gasteiger partial charge in [0.25, 0.3) is 12.4 Å². The Morgan fingerprint density at radius 1 is 1.05 bits per heavy atom. The normalized spacial score (nSPS) is 43.2. The molecule has 0 radical (unpaired) electrons. The Morgan fingerprint density at radius 2 is 1.57 bits per heavy atom. The maximum atomic E-state index is 11.8. The van der Waals surface area contributed by atoms with Crippen molar-refractivity contribution in [2.24, 2.45) is 56.5 Å². The van der Waals surface area contributed by atoms with Crippen LogP contribution < -0.4 is 5.73 Å². The number of carboxylic acids is 1. The molecule has 0 heterocycles. The third kappa shape index (κ3) is 6.08. The van der Waals surface area contributed by atoms with E-state index in [0.717, 1.165) is 44.6 Å². The number of rotatable bonds is 2. The highest BCUT2D eigenvalue weighted by Crippen LogP contribution is 2.80. The molecule has 1 spiro atoms. The quantitative estimate of drug-likeness (QED) is 0.173. The minimum atomic E-state index is -0.833. The number of allylic oxidation sites excluding steroid dienone is 1. The van der Waals surface area contributed by atoms with Gasteiger partial charge in [-0.2, -0.15) is 0 Å². The number of aliphatic hydroxyl groups excluding tert-OH is 1. The molecule has 0 aromatic rings. The van der Waals surface area contributed by atoms with Gasteiger partial charge in [-0.1, -0.05) is 74.0 Å². The number of aliphatic carboxylic acids is 1. The summed E-state index contributed by atoms with van der Waals surface area (Å²) in [4.78, 5) is 17.4. The van der Waals surface area contributed by atoms with Crippen molar-refractivity contribution in [1.82, 2.24) is 0 Å². The lowest BCUT2D eigenvalue weighted by molar-refractivity contribution is -0.134. The van der Waals surface area contributed by atoms with E-state index >= 15 is 0 Å². The minimum Gasteiger partial charge on any atom is -0.483 e. The molecular weight excluding hydrogens is 530 g/mol. The zero-order valence-electron chi connectivity index (χ0n) is 28.3. The number of aliphatic hydroxyl groups is 2. The van der Waals surface area contributed by atoms with Gasteiger partial charge in [-0.3, -0.25) is 9.59 Å². The highest BCUT2D eigenvalue weighted by Gasteiger charge is 2.78. The average molecular weight is 594 g/mol. The van der Waals surface area contributed by atoms with Gasteiger partial charge in [0.15, 0.2) is 0 Å². The van der Waals surface area contributed by atoms with Gasteiger partial charge >= 0.3 is 0 Å². The summed E-state index contributed by atoms with van der Waals surface area (Å²) in [5, 5.41) is 37.1. The van der Waals surface area contributed by atoms with Gasteiger partial charge < -0.3 is 26.2 Å². The third-order valence-corrected chi connectivity index (χ3v) is 13.1. The van der Waals surface area contributed by atoms with E-state index in [1.165, 1.54) is 38.5 Å². The summed E-state index contributed by atoms with van der Waals surface area (Å²) in [6, 6.07) is 0. The standard InChI is InChI=1S/C30H50O2.C2H7N.C2H4O2.CH2O2/c1-19(2)20(3)26(6)15-16-28(8)21-9-10-23-25(4,5)24(31)12-14-29(32)18-30(23,29)22(21)11-13-27(28,7)17-26;1-2-3;1-2(3)4;2-1-3/h11,19-21,23-24,31-32H,9-10,12-18H2,1-8H3;2-3H2,1H3;1H3,(H,3,4);1H,(H,2,3)/t20-,21?,23?,24?,26+,27+,28?,29?,30?;;;/m1.../s1. The second-order valence-corrected chi connectivity index (χ2v) is 16.0. The van der Waals surface area contributed by atoms with Crippen molar-refractivity contribution in [2.75, 3.05) is 6.54 Å².